The van der Waals surface area contributed by atoms with E-state index in [1.54, 1.807) is 44.4 Å². The average molecular weight is 359 g/mol. The van der Waals surface area contributed by atoms with Crippen LogP contribution in [0.25, 0.3) is 0 Å². The third-order valence-corrected chi connectivity index (χ3v) is 4.15. The fourth-order valence-electron chi connectivity index (χ4n) is 2.75. The van der Waals surface area contributed by atoms with Crippen molar-refractivity contribution in [2.45, 2.75) is 34.2 Å². The average Bonchev–Trinajstić information content (AvgIpc) is 2.85. The summed E-state index contributed by atoms with van der Waals surface area (Å²) in [6, 6.07) is 6.20. The maximum Gasteiger partial charge on any atom is 0.339 e. The molecule has 26 heavy (non-hydrogen) atoms. The van der Waals surface area contributed by atoms with Crippen LogP contribution >= 0.6 is 0 Å². The summed E-state index contributed by atoms with van der Waals surface area (Å²) >= 11 is 0. The molecule has 0 spiro atoms. The largest absolute Gasteiger partial charge is 0.462 e. The molecular weight excluding hydrogens is 338 g/mol. The van der Waals surface area contributed by atoms with Gasteiger partial charge in [-0.25, -0.2) is 4.79 Å². The van der Waals surface area contributed by atoms with Crippen molar-refractivity contribution < 1.29 is 19.2 Å². The van der Waals surface area contributed by atoms with Gasteiger partial charge in [-0.3, -0.25) is 14.9 Å². The molecule has 0 aliphatic rings. The van der Waals surface area contributed by atoms with Gasteiger partial charge >= 0.3 is 5.97 Å². The minimum absolute atomic E-state index is 0.0147. The molecular formula is C18H21N3O5. The number of benzene rings is 1. The fraction of sp³-hybridized carbons (Fsp3) is 0.333. The Labute approximate surface area is 150 Å². The van der Waals surface area contributed by atoms with Crippen molar-refractivity contribution in [3.05, 3.63) is 56.9 Å². The maximum atomic E-state index is 12.4. The number of anilines is 1. The molecule has 1 N–H and O–H groups in total. The number of carbonyl (C=O) groups excluding carboxylic acids is 2. The third kappa shape index (κ3) is 3.90. The number of hydrogen-bond donors (Lipinski definition) is 1. The summed E-state index contributed by atoms with van der Waals surface area (Å²) < 4.78 is 6.72. The first kappa shape index (κ1) is 19.2. The van der Waals surface area contributed by atoms with Crippen LogP contribution in [0.5, 0.6) is 0 Å². The summed E-state index contributed by atoms with van der Waals surface area (Å²) in [7, 11) is 0. The lowest BCUT2D eigenvalue weighted by atomic mass is 10.1. The summed E-state index contributed by atoms with van der Waals surface area (Å²) in [5.74, 6) is -0.771. The van der Waals surface area contributed by atoms with E-state index >= 15 is 0 Å². The van der Waals surface area contributed by atoms with Gasteiger partial charge in [0.2, 0.25) is 5.91 Å². The smallest absolute Gasteiger partial charge is 0.339 e. The van der Waals surface area contributed by atoms with E-state index in [9.17, 15) is 19.7 Å². The molecule has 0 aliphatic carbocycles. The Hall–Kier alpha value is -3.16. The standard InChI is InChI=1S/C18H21N3O5/c1-5-26-18(23)14-9-11(2)20(13(14)4)10-17(22)19-15-7-6-8-16(12(15)3)21(24)25/h6-9H,5,10H2,1-4H3,(H,19,22). The Bertz CT molecular complexity index is 870. The van der Waals surface area contributed by atoms with E-state index in [1.807, 2.05) is 0 Å². The van der Waals surface area contributed by atoms with Gasteiger partial charge < -0.3 is 14.6 Å². The van der Waals surface area contributed by atoms with Crippen molar-refractivity contribution >= 4 is 23.3 Å². The molecule has 0 bridgehead atoms. The minimum Gasteiger partial charge on any atom is -0.462 e. The molecule has 0 radical (unpaired) electrons. The number of amides is 1. The second-order valence-electron chi connectivity index (χ2n) is 5.85. The zero-order valence-electron chi connectivity index (χ0n) is 15.2. The number of aromatic nitrogens is 1. The number of nitro groups is 1. The Balaban J connectivity index is 2.20. The molecule has 0 saturated carbocycles. The quantitative estimate of drug-likeness (QED) is 0.485. The molecule has 2 rings (SSSR count). The second kappa shape index (κ2) is 7.81. The molecule has 1 aromatic carbocycles. The number of nitrogens with one attached hydrogen (secondary N) is 1. The molecule has 0 atom stereocenters. The van der Waals surface area contributed by atoms with Crippen molar-refractivity contribution in [2.75, 3.05) is 11.9 Å². The van der Waals surface area contributed by atoms with Crippen LogP contribution in [0.2, 0.25) is 0 Å². The van der Waals surface area contributed by atoms with E-state index in [-0.39, 0.29) is 24.7 Å². The zero-order chi connectivity index (χ0) is 19.4. The number of esters is 1. The van der Waals surface area contributed by atoms with Crippen molar-refractivity contribution in [1.29, 1.82) is 0 Å². The number of rotatable bonds is 6. The van der Waals surface area contributed by atoms with E-state index in [2.05, 4.69) is 5.32 Å². The van der Waals surface area contributed by atoms with Gasteiger partial charge in [0.1, 0.15) is 6.54 Å². The van der Waals surface area contributed by atoms with Gasteiger partial charge in [-0.1, -0.05) is 6.07 Å². The van der Waals surface area contributed by atoms with Crippen LogP contribution < -0.4 is 5.32 Å². The van der Waals surface area contributed by atoms with Crippen LogP contribution in [-0.4, -0.2) is 28.0 Å². The molecule has 1 heterocycles. The number of aryl methyl sites for hydroxylation is 1. The first-order valence-electron chi connectivity index (χ1n) is 8.14. The Morgan fingerprint density at radius 2 is 1.96 bits per heavy atom. The van der Waals surface area contributed by atoms with Gasteiger partial charge in [-0.15, -0.1) is 0 Å². The van der Waals surface area contributed by atoms with Gasteiger partial charge in [-0.2, -0.15) is 0 Å². The molecule has 0 fully saturated rings. The molecule has 138 valence electrons. The molecule has 2 aromatic rings. The zero-order valence-corrected chi connectivity index (χ0v) is 15.2. The summed E-state index contributed by atoms with van der Waals surface area (Å²) in [5.41, 5.74) is 2.52. The lowest BCUT2D eigenvalue weighted by Gasteiger charge is -2.12. The van der Waals surface area contributed by atoms with Crippen LogP contribution in [0, 0.1) is 30.9 Å². The topological polar surface area (TPSA) is 103 Å². The number of carbonyl (C=O) groups is 2. The molecule has 0 saturated heterocycles. The summed E-state index contributed by atoms with van der Waals surface area (Å²) in [6.07, 6.45) is 0. The number of ether oxygens (including phenoxy) is 1. The third-order valence-electron chi connectivity index (χ3n) is 4.15. The van der Waals surface area contributed by atoms with Crippen molar-refractivity contribution in [3.8, 4) is 0 Å². The summed E-state index contributed by atoms with van der Waals surface area (Å²) in [6.45, 7) is 7.10. The highest BCUT2D eigenvalue weighted by molar-refractivity contribution is 5.93. The van der Waals surface area contributed by atoms with Crippen molar-refractivity contribution in [2.24, 2.45) is 0 Å². The highest BCUT2D eigenvalue weighted by atomic mass is 16.6. The van der Waals surface area contributed by atoms with Gasteiger partial charge in [0.05, 0.1) is 28.3 Å². The summed E-state index contributed by atoms with van der Waals surface area (Å²) in [5, 5.41) is 13.7. The lowest BCUT2D eigenvalue weighted by Crippen LogP contribution is -2.21. The van der Waals surface area contributed by atoms with Gasteiger partial charge in [0.15, 0.2) is 0 Å². The van der Waals surface area contributed by atoms with Crippen LogP contribution in [0.15, 0.2) is 24.3 Å². The molecule has 1 amide bonds. The maximum absolute atomic E-state index is 12.4. The fourth-order valence-corrected chi connectivity index (χ4v) is 2.75. The van der Waals surface area contributed by atoms with Crippen molar-refractivity contribution in [3.63, 3.8) is 0 Å². The molecule has 8 heteroatoms. The van der Waals surface area contributed by atoms with Gasteiger partial charge in [0, 0.05) is 17.5 Å². The van der Waals surface area contributed by atoms with Gasteiger partial charge in [0.25, 0.3) is 5.69 Å². The van der Waals surface area contributed by atoms with E-state index in [4.69, 9.17) is 4.74 Å². The van der Waals surface area contributed by atoms with Crippen LogP contribution in [0.3, 0.4) is 0 Å². The molecule has 0 aliphatic heterocycles. The van der Waals surface area contributed by atoms with E-state index in [1.165, 1.54) is 12.1 Å². The first-order chi connectivity index (χ1) is 12.3. The summed E-state index contributed by atoms with van der Waals surface area (Å²) in [4.78, 5) is 34.9. The second-order valence-corrected chi connectivity index (χ2v) is 5.85. The Morgan fingerprint density at radius 3 is 2.58 bits per heavy atom. The Kier molecular flexibility index (Phi) is 5.76. The molecule has 1 aromatic heterocycles. The minimum atomic E-state index is -0.489. The van der Waals surface area contributed by atoms with Crippen LogP contribution in [0.4, 0.5) is 11.4 Å². The highest BCUT2D eigenvalue weighted by Gasteiger charge is 2.19. The van der Waals surface area contributed by atoms with Crippen LogP contribution in [-0.2, 0) is 16.1 Å². The predicted octanol–water partition coefficient (Wildman–Crippen LogP) is 3.14. The lowest BCUT2D eigenvalue weighted by molar-refractivity contribution is -0.385. The number of nitrogens with zero attached hydrogens (tertiary/aromatic N) is 2. The van der Waals surface area contributed by atoms with Crippen LogP contribution in [0.1, 0.15) is 34.2 Å². The normalized spacial score (nSPS) is 10.5. The van der Waals surface area contributed by atoms with E-state index in [0.29, 0.717) is 22.5 Å². The number of nitro benzene ring substituents is 1. The van der Waals surface area contributed by atoms with Crippen molar-refractivity contribution in [1.82, 2.24) is 4.57 Å². The number of hydrogen-bond acceptors (Lipinski definition) is 5. The highest BCUT2D eigenvalue weighted by Crippen LogP contribution is 2.25. The predicted molar refractivity (Wildman–Crippen MR) is 96.3 cm³/mol. The van der Waals surface area contributed by atoms with E-state index < -0.39 is 10.9 Å². The monoisotopic (exact) mass is 359 g/mol. The Morgan fingerprint density at radius 1 is 1.27 bits per heavy atom. The van der Waals surface area contributed by atoms with Gasteiger partial charge in [-0.05, 0) is 39.8 Å². The molecule has 0 unspecified atom stereocenters. The van der Waals surface area contributed by atoms with E-state index in [0.717, 1.165) is 5.69 Å². The molecule has 8 nitrogen and oxygen atoms in total. The SMILES string of the molecule is CCOC(=O)c1cc(C)n(CC(=O)Nc2cccc([N+](=O)[O-])c2C)c1C. The first-order valence-corrected chi connectivity index (χ1v) is 8.14.